The van der Waals surface area contributed by atoms with Crippen LogP contribution in [0, 0.1) is 27.7 Å². The van der Waals surface area contributed by atoms with Crippen LogP contribution in [0.15, 0.2) is 27.6 Å². The molecule has 0 unspecified atom stereocenters. The zero-order valence-electron chi connectivity index (χ0n) is 12.1. The Morgan fingerprint density at radius 2 is 1.85 bits per heavy atom. The van der Waals surface area contributed by atoms with E-state index in [4.69, 9.17) is 4.52 Å². The van der Waals surface area contributed by atoms with Crippen LogP contribution in [0.25, 0.3) is 0 Å². The maximum absolute atomic E-state index is 11.9. The van der Waals surface area contributed by atoms with E-state index in [1.807, 2.05) is 6.92 Å². The normalized spacial score (nSPS) is 10.6. The van der Waals surface area contributed by atoms with E-state index in [0.29, 0.717) is 11.6 Å². The molecule has 0 saturated carbocycles. The van der Waals surface area contributed by atoms with Crippen LogP contribution in [-0.4, -0.2) is 16.8 Å². The quantitative estimate of drug-likeness (QED) is 0.873. The highest BCUT2D eigenvalue weighted by Crippen LogP contribution is 2.27. The highest BCUT2D eigenvalue weighted by atomic mass is 32.2. The summed E-state index contributed by atoms with van der Waals surface area (Å²) in [6, 6.07) is 5.96. The van der Waals surface area contributed by atoms with Crippen LogP contribution in [0.1, 0.15) is 22.4 Å². The summed E-state index contributed by atoms with van der Waals surface area (Å²) in [7, 11) is 0. The van der Waals surface area contributed by atoms with Gasteiger partial charge in [0.05, 0.1) is 11.4 Å². The molecule has 1 aromatic heterocycles. The second kappa shape index (κ2) is 6.13. The first kappa shape index (κ1) is 14.7. The third-order valence-corrected chi connectivity index (χ3v) is 4.18. The van der Waals surface area contributed by atoms with Crippen molar-refractivity contribution in [2.24, 2.45) is 0 Å². The van der Waals surface area contributed by atoms with Crippen molar-refractivity contribution < 1.29 is 9.32 Å². The maximum atomic E-state index is 11.9. The monoisotopic (exact) mass is 290 g/mol. The average molecular weight is 290 g/mol. The third kappa shape index (κ3) is 3.63. The van der Waals surface area contributed by atoms with E-state index in [2.05, 4.69) is 43.4 Å². The predicted octanol–water partition coefficient (Wildman–Crippen LogP) is 3.64. The first-order chi connectivity index (χ1) is 9.45. The molecule has 20 heavy (non-hydrogen) atoms. The Labute approximate surface area is 122 Å². The summed E-state index contributed by atoms with van der Waals surface area (Å²) >= 11 is 1.54. The molecule has 2 rings (SSSR count). The Morgan fingerprint density at radius 3 is 2.40 bits per heavy atom. The topological polar surface area (TPSA) is 55.1 Å². The first-order valence-electron chi connectivity index (χ1n) is 6.39. The van der Waals surface area contributed by atoms with Crippen molar-refractivity contribution in [3.63, 3.8) is 0 Å². The molecule has 0 radical (unpaired) electrons. The molecule has 0 spiro atoms. The molecular formula is C15H18N2O2S. The molecule has 1 heterocycles. The number of carbonyl (C=O) groups is 1. The van der Waals surface area contributed by atoms with Crippen LogP contribution in [0.2, 0.25) is 0 Å². The molecule has 0 aliphatic carbocycles. The molecule has 106 valence electrons. The number of rotatable bonds is 4. The fraction of sp³-hybridized carbons (Fsp3) is 0.333. The smallest absolute Gasteiger partial charge is 0.237 e. The molecule has 2 aromatic rings. The predicted molar refractivity (Wildman–Crippen MR) is 81.2 cm³/mol. The van der Waals surface area contributed by atoms with E-state index in [1.165, 1.54) is 21.6 Å². The summed E-state index contributed by atoms with van der Waals surface area (Å²) in [5, 5.41) is 6.42. The number of hydrogen-bond acceptors (Lipinski definition) is 4. The Bertz CT molecular complexity index is 612. The lowest BCUT2D eigenvalue weighted by Gasteiger charge is -2.10. The molecule has 1 aromatic carbocycles. The SMILES string of the molecule is Cc1cc(C)c(SCC(=O)Nc2cc(C)no2)c(C)c1. The van der Waals surface area contributed by atoms with Crippen molar-refractivity contribution in [1.82, 2.24) is 5.16 Å². The van der Waals surface area contributed by atoms with Crippen LogP contribution in [0.3, 0.4) is 0 Å². The minimum atomic E-state index is -0.0921. The number of carbonyl (C=O) groups excluding carboxylic acids is 1. The molecular weight excluding hydrogens is 272 g/mol. The van der Waals surface area contributed by atoms with Crippen molar-refractivity contribution >= 4 is 23.6 Å². The van der Waals surface area contributed by atoms with E-state index in [1.54, 1.807) is 17.8 Å². The van der Waals surface area contributed by atoms with Gasteiger partial charge in [-0.15, -0.1) is 11.8 Å². The van der Waals surface area contributed by atoms with Crippen LogP contribution in [0.5, 0.6) is 0 Å². The lowest BCUT2D eigenvalue weighted by atomic mass is 10.1. The Morgan fingerprint density at radius 1 is 1.20 bits per heavy atom. The fourth-order valence-corrected chi connectivity index (χ4v) is 3.05. The van der Waals surface area contributed by atoms with Gasteiger partial charge in [-0.3, -0.25) is 10.1 Å². The lowest BCUT2D eigenvalue weighted by Crippen LogP contribution is -2.13. The standard InChI is InChI=1S/C15H18N2O2S/c1-9-5-10(2)15(11(3)6-9)20-8-13(18)16-14-7-12(4)17-19-14/h5-7H,8H2,1-4H3,(H,16,18). The molecule has 5 heteroatoms. The molecule has 0 aliphatic heterocycles. The van der Waals surface area contributed by atoms with Crippen LogP contribution in [0.4, 0.5) is 5.88 Å². The highest BCUT2D eigenvalue weighted by molar-refractivity contribution is 8.00. The number of nitrogens with one attached hydrogen (secondary N) is 1. The van der Waals surface area contributed by atoms with Crippen molar-refractivity contribution in [3.8, 4) is 0 Å². The molecule has 4 nitrogen and oxygen atoms in total. The zero-order valence-corrected chi connectivity index (χ0v) is 12.9. The number of amides is 1. The third-order valence-electron chi connectivity index (χ3n) is 2.84. The number of aromatic nitrogens is 1. The van der Waals surface area contributed by atoms with Gasteiger partial charge < -0.3 is 4.52 Å². The summed E-state index contributed by atoms with van der Waals surface area (Å²) in [6.07, 6.45) is 0. The summed E-state index contributed by atoms with van der Waals surface area (Å²) in [5.74, 6) is 0.654. The Balaban J connectivity index is 1.97. The largest absolute Gasteiger partial charge is 0.338 e. The van der Waals surface area contributed by atoms with Gasteiger partial charge in [-0.2, -0.15) is 0 Å². The van der Waals surface area contributed by atoms with Crippen molar-refractivity contribution in [2.45, 2.75) is 32.6 Å². The number of aryl methyl sites for hydroxylation is 4. The summed E-state index contributed by atoms with van der Waals surface area (Å²) in [6.45, 7) is 8.03. The van der Waals surface area contributed by atoms with Crippen molar-refractivity contribution in [3.05, 3.63) is 40.6 Å². The highest BCUT2D eigenvalue weighted by Gasteiger charge is 2.10. The van der Waals surface area contributed by atoms with Crippen LogP contribution >= 0.6 is 11.8 Å². The Hall–Kier alpha value is -1.75. The second-order valence-corrected chi connectivity index (χ2v) is 5.88. The zero-order chi connectivity index (χ0) is 14.7. The number of anilines is 1. The molecule has 0 aliphatic rings. The van der Waals surface area contributed by atoms with Gasteiger partial charge in [0, 0.05) is 11.0 Å². The maximum Gasteiger partial charge on any atom is 0.237 e. The minimum Gasteiger partial charge on any atom is -0.338 e. The van der Waals surface area contributed by atoms with E-state index >= 15 is 0 Å². The summed E-state index contributed by atoms with van der Waals surface area (Å²) in [5.41, 5.74) is 4.40. The average Bonchev–Trinajstić information content (AvgIpc) is 2.73. The van der Waals surface area contributed by atoms with Gasteiger partial charge >= 0.3 is 0 Å². The van der Waals surface area contributed by atoms with E-state index in [-0.39, 0.29) is 5.91 Å². The van der Waals surface area contributed by atoms with Gasteiger partial charge in [0.2, 0.25) is 11.8 Å². The van der Waals surface area contributed by atoms with Crippen molar-refractivity contribution in [1.29, 1.82) is 0 Å². The molecule has 1 N–H and O–H groups in total. The molecule has 0 atom stereocenters. The summed E-state index contributed by atoms with van der Waals surface area (Å²) < 4.78 is 4.96. The molecule has 0 saturated heterocycles. The van der Waals surface area contributed by atoms with E-state index in [0.717, 1.165) is 5.69 Å². The van der Waals surface area contributed by atoms with E-state index in [9.17, 15) is 4.79 Å². The van der Waals surface area contributed by atoms with Crippen LogP contribution < -0.4 is 5.32 Å². The first-order valence-corrected chi connectivity index (χ1v) is 7.38. The fourth-order valence-electron chi connectivity index (χ4n) is 2.13. The lowest BCUT2D eigenvalue weighted by molar-refractivity contribution is -0.113. The number of hydrogen-bond donors (Lipinski definition) is 1. The number of nitrogens with zero attached hydrogens (tertiary/aromatic N) is 1. The molecule has 0 bridgehead atoms. The van der Waals surface area contributed by atoms with Gasteiger partial charge in [0.1, 0.15) is 0 Å². The van der Waals surface area contributed by atoms with Gasteiger partial charge in [0.25, 0.3) is 0 Å². The van der Waals surface area contributed by atoms with Gasteiger partial charge in [0.15, 0.2) is 0 Å². The number of thioether (sulfide) groups is 1. The van der Waals surface area contributed by atoms with E-state index < -0.39 is 0 Å². The summed E-state index contributed by atoms with van der Waals surface area (Å²) in [4.78, 5) is 13.0. The van der Waals surface area contributed by atoms with Crippen molar-refractivity contribution in [2.75, 3.05) is 11.1 Å². The van der Waals surface area contributed by atoms with Gasteiger partial charge in [-0.25, -0.2) is 0 Å². The minimum absolute atomic E-state index is 0.0921. The van der Waals surface area contributed by atoms with Gasteiger partial charge in [-0.05, 0) is 38.8 Å². The Kier molecular flexibility index (Phi) is 4.49. The second-order valence-electron chi connectivity index (χ2n) is 4.90. The molecule has 0 fully saturated rings. The van der Waals surface area contributed by atoms with Crippen LogP contribution in [-0.2, 0) is 4.79 Å². The molecule has 1 amide bonds. The number of benzene rings is 1. The van der Waals surface area contributed by atoms with Gasteiger partial charge in [-0.1, -0.05) is 22.9 Å².